The second-order valence-electron chi connectivity index (χ2n) is 3.55. The van der Waals surface area contributed by atoms with Crippen LogP contribution in [0.1, 0.15) is 0 Å². The Hall–Kier alpha value is -2.70. The van der Waals surface area contributed by atoms with E-state index in [1.807, 2.05) is 0 Å². The molecule has 0 amide bonds. The molecule has 2 N–H and O–H groups in total. The molecule has 0 aliphatic heterocycles. The first kappa shape index (κ1) is 10.5. The fraction of sp³-hybridized carbons (Fsp3) is 0. The van der Waals surface area contributed by atoms with Gasteiger partial charge in [-0.3, -0.25) is 4.40 Å². The smallest absolute Gasteiger partial charge is 0.265 e. The molecule has 0 fully saturated rings. The molecule has 0 saturated heterocycles. The van der Waals surface area contributed by atoms with Crippen LogP contribution in [0.2, 0.25) is 0 Å². The lowest BCUT2D eigenvalue weighted by Crippen LogP contribution is -1.98. The van der Waals surface area contributed by atoms with E-state index in [1.165, 1.54) is 24.7 Å². The van der Waals surface area contributed by atoms with E-state index in [1.54, 1.807) is 16.7 Å². The summed E-state index contributed by atoms with van der Waals surface area (Å²) in [6.45, 7) is 0. The van der Waals surface area contributed by atoms with Gasteiger partial charge in [0, 0.05) is 12.4 Å². The number of nitrogens with two attached hydrogens (primary N) is 1. The SMILES string of the molecule is Nc1cccc(F)c1Oc1nccn2cnnc12. The van der Waals surface area contributed by atoms with E-state index in [-0.39, 0.29) is 17.3 Å². The highest BCUT2D eigenvalue weighted by Crippen LogP contribution is 2.30. The maximum atomic E-state index is 13.6. The first-order valence-corrected chi connectivity index (χ1v) is 5.12. The van der Waals surface area contributed by atoms with Crippen molar-refractivity contribution in [1.82, 2.24) is 19.6 Å². The quantitative estimate of drug-likeness (QED) is 0.694. The van der Waals surface area contributed by atoms with E-state index in [2.05, 4.69) is 15.2 Å². The summed E-state index contributed by atoms with van der Waals surface area (Å²) < 4.78 is 20.6. The number of anilines is 1. The molecular formula is C11H8FN5O. The number of halogens is 1. The summed E-state index contributed by atoms with van der Waals surface area (Å²) >= 11 is 0. The predicted octanol–water partition coefficient (Wildman–Crippen LogP) is 1.64. The lowest BCUT2D eigenvalue weighted by molar-refractivity contribution is 0.431. The standard InChI is InChI=1S/C11H8FN5O/c12-7-2-1-3-8(13)9(7)18-11-10-16-15-6-17(10)5-4-14-11/h1-6H,13H2. The molecule has 7 heteroatoms. The van der Waals surface area contributed by atoms with Gasteiger partial charge < -0.3 is 10.5 Å². The van der Waals surface area contributed by atoms with Gasteiger partial charge in [0.25, 0.3) is 5.88 Å². The Bertz CT molecular complexity index is 691. The molecule has 0 aliphatic rings. The highest BCUT2D eigenvalue weighted by Gasteiger charge is 2.13. The van der Waals surface area contributed by atoms with Gasteiger partial charge in [0.1, 0.15) is 6.33 Å². The number of benzene rings is 1. The molecule has 0 saturated carbocycles. The third-order valence-electron chi connectivity index (χ3n) is 2.38. The lowest BCUT2D eigenvalue weighted by atomic mass is 10.3. The Morgan fingerprint density at radius 2 is 2.22 bits per heavy atom. The molecule has 3 rings (SSSR count). The molecule has 0 atom stereocenters. The van der Waals surface area contributed by atoms with Crippen molar-refractivity contribution in [3.05, 3.63) is 42.7 Å². The number of rotatable bonds is 2. The highest BCUT2D eigenvalue weighted by molar-refractivity contribution is 5.57. The third-order valence-corrected chi connectivity index (χ3v) is 2.38. The van der Waals surface area contributed by atoms with Crippen LogP contribution in [0.25, 0.3) is 5.65 Å². The predicted molar refractivity (Wildman–Crippen MR) is 61.7 cm³/mol. The summed E-state index contributed by atoms with van der Waals surface area (Å²) in [4.78, 5) is 3.99. The molecule has 2 aromatic heterocycles. The van der Waals surface area contributed by atoms with Crippen molar-refractivity contribution in [2.24, 2.45) is 0 Å². The van der Waals surface area contributed by atoms with Gasteiger partial charge in [-0.25, -0.2) is 9.37 Å². The van der Waals surface area contributed by atoms with Crippen LogP contribution in [0.5, 0.6) is 11.6 Å². The van der Waals surface area contributed by atoms with Crippen LogP contribution in [0.15, 0.2) is 36.9 Å². The van der Waals surface area contributed by atoms with Crippen LogP contribution in [0.4, 0.5) is 10.1 Å². The van der Waals surface area contributed by atoms with Crippen molar-refractivity contribution in [2.75, 3.05) is 5.73 Å². The van der Waals surface area contributed by atoms with Gasteiger partial charge >= 0.3 is 0 Å². The zero-order valence-corrected chi connectivity index (χ0v) is 9.12. The van der Waals surface area contributed by atoms with Crippen LogP contribution in [0, 0.1) is 5.82 Å². The van der Waals surface area contributed by atoms with Crippen molar-refractivity contribution in [3.63, 3.8) is 0 Å². The van der Waals surface area contributed by atoms with Gasteiger partial charge in [0.15, 0.2) is 11.6 Å². The first-order valence-electron chi connectivity index (χ1n) is 5.12. The average Bonchev–Trinajstić information content (AvgIpc) is 2.83. The summed E-state index contributed by atoms with van der Waals surface area (Å²) in [5, 5.41) is 7.55. The molecule has 90 valence electrons. The zero-order chi connectivity index (χ0) is 12.5. The summed E-state index contributed by atoms with van der Waals surface area (Å²) in [6.07, 6.45) is 4.66. The maximum absolute atomic E-state index is 13.6. The van der Waals surface area contributed by atoms with Crippen LogP contribution in [0.3, 0.4) is 0 Å². The second kappa shape index (κ2) is 3.95. The minimum Gasteiger partial charge on any atom is -0.430 e. The molecule has 2 heterocycles. The molecule has 0 bridgehead atoms. The molecular weight excluding hydrogens is 237 g/mol. The lowest BCUT2D eigenvalue weighted by Gasteiger charge is -2.08. The zero-order valence-electron chi connectivity index (χ0n) is 9.12. The Balaban J connectivity index is 2.09. The van der Waals surface area contributed by atoms with Gasteiger partial charge in [0.05, 0.1) is 5.69 Å². The number of aromatic nitrogens is 4. The molecule has 1 aromatic carbocycles. The largest absolute Gasteiger partial charge is 0.430 e. The van der Waals surface area contributed by atoms with E-state index in [4.69, 9.17) is 10.5 Å². The number of ether oxygens (including phenoxy) is 1. The summed E-state index contributed by atoms with van der Waals surface area (Å²) in [7, 11) is 0. The number of fused-ring (bicyclic) bond motifs is 1. The van der Waals surface area contributed by atoms with Crippen molar-refractivity contribution in [1.29, 1.82) is 0 Å². The van der Waals surface area contributed by atoms with Crippen molar-refractivity contribution < 1.29 is 9.13 Å². The van der Waals surface area contributed by atoms with Crippen LogP contribution >= 0.6 is 0 Å². The number of hydrogen-bond acceptors (Lipinski definition) is 5. The number of nitrogens with zero attached hydrogens (tertiary/aromatic N) is 4. The third kappa shape index (κ3) is 1.61. The fourth-order valence-corrected chi connectivity index (χ4v) is 1.54. The van der Waals surface area contributed by atoms with Crippen molar-refractivity contribution in [2.45, 2.75) is 0 Å². The topological polar surface area (TPSA) is 78.3 Å². The summed E-state index contributed by atoms with van der Waals surface area (Å²) in [5.41, 5.74) is 6.23. The second-order valence-corrected chi connectivity index (χ2v) is 3.55. The number of hydrogen-bond donors (Lipinski definition) is 1. The molecule has 3 aromatic rings. The number of para-hydroxylation sites is 1. The Labute approximate surface area is 101 Å². The Morgan fingerprint density at radius 3 is 3.06 bits per heavy atom. The molecule has 0 spiro atoms. The fourth-order valence-electron chi connectivity index (χ4n) is 1.54. The monoisotopic (exact) mass is 245 g/mol. The molecule has 6 nitrogen and oxygen atoms in total. The minimum absolute atomic E-state index is 0.0684. The van der Waals surface area contributed by atoms with E-state index in [9.17, 15) is 4.39 Å². The number of nitrogen functional groups attached to an aromatic ring is 1. The normalized spacial score (nSPS) is 10.7. The van der Waals surface area contributed by atoms with E-state index < -0.39 is 5.82 Å². The summed E-state index contributed by atoms with van der Waals surface area (Å²) in [6, 6.07) is 4.31. The van der Waals surface area contributed by atoms with Crippen LogP contribution in [-0.4, -0.2) is 19.6 Å². The summed E-state index contributed by atoms with van der Waals surface area (Å²) in [5.74, 6) is -0.480. The van der Waals surface area contributed by atoms with Gasteiger partial charge in [-0.05, 0) is 12.1 Å². The van der Waals surface area contributed by atoms with Crippen LogP contribution in [-0.2, 0) is 0 Å². The van der Waals surface area contributed by atoms with E-state index in [0.717, 1.165) is 0 Å². The van der Waals surface area contributed by atoms with Crippen molar-refractivity contribution in [3.8, 4) is 11.6 Å². The van der Waals surface area contributed by atoms with Crippen LogP contribution < -0.4 is 10.5 Å². The van der Waals surface area contributed by atoms with E-state index in [0.29, 0.717) is 5.65 Å². The van der Waals surface area contributed by atoms with E-state index >= 15 is 0 Å². The molecule has 0 unspecified atom stereocenters. The van der Waals surface area contributed by atoms with Gasteiger partial charge in [-0.1, -0.05) is 6.07 Å². The Morgan fingerprint density at radius 1 is 1.33 bits per heavy atom. The van der Waals surface area contributed by atoms with Crippen molar-refractivity contribution >= 4 is 11.3 Å². The molecule has 0 radical (unpaired) electrons. The van der Waals surface area contributed by atoms with Gasteiger partial charge in [-0.2, -0.15) is 0 Å². The van der Waals surface area contributed by atoms with Gasteiger partial charge in [-0.15, -0.1) is 10.2 Å². The molecule has 0 aliphatic carbocycles. The first-order chi connectivity index (χ1) is 8.75. The highest BCUT2D eigenvalue weighted by atomic mass is 19.1. The van der Waals surface area contributed by atoms with Gasteiger partial charge in [0.2, 0.25) is 5.65 Å². The maximum Gasteiger partial charge on any atom is 0.265 e. The minimum atomic E-state index is -0.557. The molecule has 18 heavy (non-hydrogen) atoms. The Kier molecular flexibility index (Phi) is 2.30. The average molecular weight is 245 g/mol.